The van der Waals surface area contributed by atoms with Gasteiger partial charge in [0.1, 0.15) is 5.75 Å². The van der Waals surface area contributed by atoms with Crippen LogP contribution in [0.3, 0.4) is 0 Å². The second-order valence-corrected chi connectivity index (χ2v) is 4.05. The fourth-order valence-corrected chi connectivity index (χ4v) is 1.68. The second-order valence-electron chi connectivity index (χ2n) is 4.05. The van der Waals surface area contributed by atoms with Crippen molar-refractivity contribution in [1.29, 1.82) is 0 Å². The largest absolute Gasteiger partial charge is 0.455 e. The molecule has 0 fully saturated rings. The van der Waals surface area contributed by atoms with Crippen molar-refractivity contribution in [2.45, 2.75) is 13.8 Å². The topological polar surface area (TPSA) is 38.3 Å². The van der Waals surface area contributed by atoms with Crippen molar-refractivity contribution in [1.82, 2.24) is 0 Å². The molecule has 2 aromatic carbocycles. The highest BCUT2D eigenvalue weighted by Gasteiger charge is 2.09. The summed E-state index contributed by atoms with van der Waals surface area (Å²) >= 11 is 0. The molecular formula is C15H15NO2. The van der Waals surface area contributed by atoms with Gasteiger partial charge in [0.2, 0.25) is 5.91 Å². The minimum Gasteiger partial charge on any atom is -0.455 e. The van der Waals surface area contributed by atoms with E-state index in [1.807, 2.05) is 55.5 Å². The SMILES string of the molecule is CC(=O)Nc1cccc(C)c1Oc1ccccc1. The molecule has 2 rings (SSSR count). The smallest absolute Gasteiger partial charge is 0.221 e. The highest BCUT2D eigenvalue weighted by atomic mass is 16.5. The molecule has 0 bridgehead atoms. The Balaban J connectivity index is 2.34. The van der Waals surface area contributed by atoms with E-state index < -0.39 is 0 Å². The third-order valence-corrected chi connectivity index (χ3v) is 2.49. The number of hydrogen-bond donors (Lipinski definition) is 1. The summed E-state index contributed by atoms with van der Waals surface area (Å²) in [7, 11) is 0. The standard InChI is InChI=1S/C15H15NO2/c1-11-7-6-10-14(16-12(2)17)15(11)18-13-8-4-3-5-9-13/h3-10H,1-2H3,(H,16,17). The van der Waals surface area contributed by atoms with Crippen LogP contribution in [0.1, 0.15) is 12.5 Å². The molecule has 92 valence electrons. The van der Waals surface area contributed by atoms with Gasteiger partial charge in [-0.25, -0.2) is 0 Å². The molecule has 0 aliphatic rings. The van der Waals surface area contributed by atoms with Gasteiger partial charge in [-0.05, 0) is 30.7 Å². The predicted molar refractivity (Wildman–Crippen MR) is 72.0 cm³/mol. The zero-order valence-corrected chi connectivity index (χ0v) is 10.4. The number of para-hydroxylation sites is 2. The van der Waals surface area contributed by atoms with Crippen LogP contribution < -0.4 is 10.1 Å². The monoisotopic (exact) mass is 241 g/mol. The first-order chi connectivity index (χ1) is 8.66. The molecule has 1 amide bonds. The average molecular weight is 241 g/mol. The number of rotatable bonds is 3. The Labute approximate surface area is 106 Å². The van der Waals surface area contributed by atoms with Crippen molar-refractivity contribution in [3.8, 4) is 11.5 Å². The van der Waals surface area contributed by atoms with Crippen molar-refractivity contribution in [3.63, 3.8) is 0 Å². The van der Waals surface area contributed by atoms with Gasteiger partial charge in [-0.3, -0.25) is 4.79 Å². The Bertz CT molecular complexity index is 550. The lowest BCUT2D eigenvalue weighted by molar-refractivity contribution is -0.114. The summed E-state index contributed by atoms with van der Waals surface area (Å²) < 4.78 is 5.83. The molecule has 0 atom stereocenters. The number of amides is 1. The van der Waals surface area contributed by atoms with Crippen LogP contribution in [-0.2, 0) is 4.79 Å². The fourth-order valence-electron chi connectivity index (χ4n) is 1.68. The predicted octanol–water partition coefficient (Wildman–Crippen LogP) is 3.75. The van der Waals surface area contributed by atoms with Crippen LogP contribution in [0.15, 0.2) is 48.5 Å². The Kier molecular flexibility index (Phi) is 3.63. The highest BCUT2D eigenvalue weighted by molar-refractivity contribution is 5.90. The van der Waals surface area contributed by atoms with Gasteiger partial charge in [-0.1, -0.05) is 30.3 Å². The maximum Gasteiger partial charge on any atom is 0.221 e. The summed E-state index contributed by atoms with van der Waals surface area (Å²) in [5.74, 6) is 1.32. The van der Waals surface area contributed by atoms with E-state index in [0.29, 0.717) is 11.4 Å². The summed E-state index contributed by atoms with van der Waals surface area (Å²) in [6, 6.07) is 15.2. The van der Waals surface area contributed by atoms with Crippen LogP contribution in [0.4, 0.5) is 5.69 Å². The molecule has 0 saturated carbocycles. The number of hydrogen-bond acceptors (Lipinski definition) is 2. The zero-order chi connectivity index (χ0) is 13.0. The van der Waals surface area contributed by atoms with Crippen molar-refractivity contribution in [3.05, 3.63) is 54.1 Å². The molecule has 3 heteroatoms. The molecule has 0 heterocycles. The minimum absolute atomic E-state index is 0.112. The molecule has 0 aliphatic carbocycles. The third kappa shape index (κ3) is 2.88. The molecule has 2 aromatic rings. The summed E-state index contributed by atoms with van der Waals surface area (Å²) in [6.07, 6.45) is 0. The highest BCUT2D eigenvalue weighted by Crippen LogP contribution is 2.32. The molecule has 3 nitrogen and oxygen atoms in total. The quantitative estimate of drug-likeness (QED) is 0.888. The van der Waals surface area contributed by atoms with Gasteiger partial charge in [-0.2, -0.15) is 0 Å². The Morgan fingerprint density at radius 3 is 2.44 bits per heavy atom. The van der Waals surface area contributed by atoms with E-state index >= 15 is 0 Å². The maximum atomic E-state index is 11.2. The lowest BCUT2D eigenvalue weighted by atomic mass is 10.2. The summed E-state index contributed by atoms with van der Waals surface area (Å²) in [5, 5.41) is 2.77. The van der Waals surface area contributed by atoms with Gasteiger partial charge < -0.3 is 10.1 Å². The number of anilines is 1. The van der Waals surface area contributed by atoms with E-state index in [-0.39, 0.29) is 5.91 Å². The zero-order valence-electron chi connectivity index (χ0n) is 10.4. The van der Waals surface area contributed by atoms with Gasteiger partial charge in [0.25, 0.3) is 0 Å². The van der Waals surface area contributed by atoms with Crippen LogP contribution in [0.2, 0.25) is 0 Å². The van der Waals surface area contributed by atoms with Crippen LogP contribution >= 0.6 is 0 Å². The minimum atomic E-state index is -0.112. The molecule has 0 aromatic heterocycles. The average Bonchev–Trinajstić information content (AvgIpc) is 2.34. The number of carbonyl (C=O) groups is 1. The van der Waals surface area contributed by atoms with Gasteiger partial charge in [0, 0.05) is 6.92 Å². The van der Waals surface area contributed by atoms with Gasteiger partial charge in [-0.15, -0.1) is 0 Å². The first-order valence-corrected chi connectivity index (χ1v) is 5.77. The molecule has 0 radical (unpaired) electrons. The van der Waals surface area contributed by atoms with Crippen molar-refractivity contribution < 1.29 is 9.53 Å². The summed E-state index contributed by atoms with van der Waals surface area (Å²) in [6.45, 7) is 3.43. The molecule has 0 saturated heterocycles. The maximum absolute atomic E-state index is 11.2. The number of ether oxygens (including phenoxy) is 1. The van der Waals surface area contributed by atoms with Crippen molar-refractivity contribution in [2.75, 3.05) is 5.32 Å². The van der Waals surface area contributed by atoms with Crippen LogP contribution in [0, 0.1) is 6.92 Å². The first-order valence-electron chi connectivity index (χ1n) is 5.77. The van der Waals surface area contributed by atoms with Crippen molar-refractivity contribution in [2.24, 2.45) is 0 Å². The first kappa shape index (κ1) is 12.2. The van der Waals surface area contributed by atoms with Crippen LogP contribution in [-0.4, -0.2) is 5.91 Å². The van der Waals surface area contributed by atoms with E-state index in [0.717, 1.165) is 11.3 Å². The lowest BCUT2D eigenvalue weighted by Crippen LogP contribution is -2.07. The van der Waals surface area contributed by atoms with Gasteiger partial charge >= 0.3 is 0 Å². The van der Waals surface area contributed by atoms with E-state index in [4.69, 9.17) is 4.74 Å². The second kappa shape index (κ2) is 5.36. The summed E-state index contributed by atoms with van der Waals surface area (Å²) in [4.78, 5) is 11.2. The lowest BCUT2D eigenvalue weighted by Gasteiger charge is -2.13. The number of carbonyl (C=O) groups excluding carboxylic acids is 1. The molecule has 0 aliphatic heterocycles. The molecular weight excluding hydrogens is 226 g/mol. The van der Waals surface area contributed by atoms with Crippen molar-refractivity contribution >= 4 is 11.6 Å². The molecule has 0 spiro atoms. The third-order valence-electron chi connectivity index (χ3n) is 2.49. The Morgan fingerprint density at radius 1 is 1.06 bits per heavy atom. The van der Waals surface area contributed by atoms with Gasteiger partial charge in [0.05, 0.1) is 5.69 Å². The van der Waals surface area contributed by atoms with E-state index in [1.54, 1.807) is 0 Å². The number of benzene rings is 2. The summed E-state index contributed by atoms with van der Waals surface area (Å²) in [5.41, 5.74) is 1.66. The van der Waals surface area contributed by atoms with Crippen LogP contribution in [0.25, 0.3) is 0 Å². The normalized spacial score (nSPS) is 9.89. The van der Waals surface area contributed by atoms with E-state index in [1.165, 1.54) is 6.92 Å². The Morgan fingerprint density at radius 2 is 1.78 bits per heavy atom. The van der Waals surface area contributed by atoms with E-state index in [9.17, 15) is 4.79 Å². The van der Waals surface area contributed by atoms with Crippen LogP contribution in [0.5, 0.6) is 11.5 Å². The fraction of sp³-hybridized carbons (Fsp3) is 0.133. The number of nitrogens with one attached hydrogen (secondary N) is 1. The van der Waals surface area contributed by atoms with E-state index in [2.05, 4.69) is 5.32 Å². The number of aryl methyl sites for hydroxylation is 1. The molecule has 18 heavy (non-hydrogen) atoms. The Hall–Kier alpha value is -2.29. The molecule has 1 N–H and O–H groups in total. The molecule has 0 unspecified atom stereocenters. The van der Waals surface area contributed by atoms with Gasteiger partial charge in [0.15, 0.2) is 5.75 Å².